The van der Waals surface area contributed by atoms with E-state index in [0.717, 1.165) is 13.1 Å². The molecule has 0 amide bonds. The van der Waals surface area contributed by atoms with Gasteiger partial charge >= 0.3 is 0 Å². The van der Waals surface area contributed by atoms with Gasteiger partial charge in [-0.3, -0.25) is 4.90 Å². The van der Waals surface area contributed by atoms with Gasteiger partial charge in [-0.25, -0.2) is 0 Å². The normalized spacial score (nSPS) is 10.6. The lowest BCUT2D eigenvalue weighted by molar-refractivity contribution is 0.369. The van der Waals surface area contributed by atoms with Crippen molar-refractivity contribution in [1.29, 1.82) is 0 Å². The van der Waals surface area contributed by atoms with Crippen LogP contribution in [0.3, 0.4) is 0 Å². The van der Waals surface area contributed by atoms with Gasteiger partial charge in [-0.1, -0.05) is 5.92 Å². The van der Waals surface area contributed by atoms with Crippen LogP contribution in [0.5, 0.6) is 0 Å². The van der Waals surface area contributed by atoms with Gasteiger partial charge in [0.05, 0.1) is 6.54 Å². The first-order valence-corrected chi connectivity index (χ1v) is 5.83. The third-order valence-corrected chi connectivity index (χ3v) is 3.32. The van der Waals surface area contributed by atoms with Gasteiger partial charge in [0.25, 0.3) is 0 Å². The van der Waals surface area contributed by atoms with Gasteiger partial charge in [-0.2, -0.15) is 0 Å². The Bertz CT molecular complexity index is 349. The summed E-state index contributed by atoms with van der Waals surface area (Å²) < 4.78 is 0. The molecule has 0 unspecified atom stereocenters. The second-order valence-corrected chi connectivity index (χ2v) is 5.04. The quantitative estimate of drug-likeness (QED) is 0.765. The van der Waals surface area contributed by atoms with Crippen LogP contribution < -0.4 is 5.32 Å². The summed E-state index contributed by atoms with van der Waals surface area (Å²) in [6.45, 7) is 4.76. The summed E-state index contributed by atoms with van der Waals surface area (Å²) in [6, 6.07) is 2.27. The summed E-state index contributed by atoms with van der Waals surface area (Å²) in [5.74, 6) is 2.66. The van der Waals surface area contributed by atoms with Crippen LogP contribution in [0.1, 0.15) is 15.3 Å². The highest BCUT2D eigenvalue weighted by Crippen LogP contribution is 2.22. The Balaban J connectivity index is 2.65. The smallest absolute Gasteiger partial charge is 0.0599 e. The van der Waals surface area contributed by atoms with Gasteiger partial charge in [0.2, 0.25) is 0 Å². The van der Waals surface area contributed by atoms with Crippen LogP contribution in [0.4, 0.5) is 0 Å². The Morgan fingerprint density at radius 2 is 2.33 bits per heavy atom. The lowest BCUT2D eigenvalue weighted by atomic mass is 10.2. The fraction of sp³-hybridized carbons (Fsp3) is 0.500. The molecule has 0 aliphatic rings. The average molecular weight is 222 g/mol. The number of nitrogens with one attached hydrogen (secondary N) is 1. The molecule has 15 heavy (non-hydrogen) atoms. The van der Waals surface area contributed by atoms with E-state index in [1.54, 1.807) is 0 Å². The number of terminal acetylenes is 1. The number of thiophene rings is 1. The first-order valence-electron chi connectivity index (χ1n) is 5.02. The van der Waals surface area contributed by atoms with E-state index in [-0.39, 0.29) is 0 Å². The SMILES string of the molecule is C#CCN(C)Cc1cc(CNC)sc1C. The zero-order valence-electron chi connectivity index (χ0n) is 9.63. The molecule has 0 radical (unpaired) electrons. The topological polar surface area (TPSA) is 15.3 Å². The highest BCUT2D eigenvalue weighted by Gasteiger charge is 2.06. The number of aryl methyl sites for hydroxylation is 1. The minimum absolute atomic E-state index is 0.705. The highest BCUT2D eigenvalue weighted by molar-refractivity contribution is 7.12. The maximum absolute atomic E-state index is 5.27. The van der Waals surface area contributed by atoms with E-state index in [1.165, 1.54) is 15.3 Å². The molecule has 82 valence electrons. The summed E-state index contributed by atoms with van der Waals surface area (Å²) in [4.78, 5) is 4.93. The van der Waals surface area contributed by atoms with E-state index in [2.05, 4.69) is 36.2 Å². The van der Waals surface area contributed by atoms with Crippen molar-refractivity contribution >= 4 is 11.3 Å². The number of hydrogen-bond donors (Lipinski definition) is 1. The van der Waals surface area contributed by atoms with Gasteiger partial charge in [-0.05, 0) is 32.6 Å². The third kappa shape index (κ3) is 3.67. The molecule has 0 aliphatic carbocycles. The maximum atomic E-state index is 5.27. The Morgan fingerprint density at radius 3 is 2.93 bits per heavy atom. The van der Waals surface area contributed by atoms with Crippen LogP contribution in [0.2, 0.25) is 0 Å². The Morgan fingerprint density at radius 1 is 1.60 bits per heavy atom. The largest absolute Gasteiger partial charge is 0.315 e. The van der Waals surface area contributed by atoms with E-state index in [0.29, 0.717) is 6.54 Å². The molecule has 1 N–H and O–H groups in total. The van der Waals surface area contributed by atoms with Crippen molar-refractivity contribution in [3.63, 3.8) is 0 Å². The summed E-state index contributed by atoms with van der Waals surface area (Å²) in [5, 5.41) is 3.17. The molecule has 1 aromatic heterocycles. The molecule has 0 spiro atoms. The Kier molecular flexibility index (Phi) is 4.83. The zero-order valence-corrected chi connectivity index (χ0v) is 10.4. The van der Waals surface area contributed by atoms with Crippen LogP contribution >= 0.6 is 11.3 Å². The molecule has 3 heteroatoms. The molecule has 0 aliphatic heterocycles. The number of hydrogen-bond acceptors (Lipinski definition) is 3. The molecule has 0 fully saturated rings. The fourth-order valence-corrected chi connectivity index (χ4v) is 2.57. The summed E-state index contributed by atoms with van der Waals surface area (Å²) in [7, 11) is 4.02. The summed E-state index contributed by atoms with van der Waals surface area (Å²) in [6.07, 6.45) is 5.27. The molecule has 0 saturated carbocycles. The average Bonchev–Trinajstić information content (AvgIpc) is 2.48. The van der Waals surface area contributed by atoms with Crippen molar-refractivity contribution in [2.24, 2.45) is 0 Å². The van der Waals surface area contributed by atoms with Crippen molar-refractivity contribution in [3.05, 3.63) is 21.4 Å². The van der Waals surface area contributed by atoms with E-state index in [4.69, 9.17) is 6.42 Å². The molecule has 0 saturated heterocycles. The summed E-state index contributed by atoms with van der Waals surface area (Å²) in [5.41, 5.74) is 1.39. The van der Waals surface area contributed by atoms with Crippen LogP contribution in [-0.2, 0) is 13.1 Å². The third-order valence-electron chi connectivity index (χ3n) is 2.22. The minimum atomic E-state index is 0.705. The molecule has 0 aromatic carbocycles. The first-order chi connectivity index (χ1) is 7.17. The fourth-order valence-electron chi connectivity index (χ4n) is 1.51. The lowest BCUT2D eigenvalue weighted by Gasteiger charge is -2.12. The summed E-state index contributed by atoms with van der Waals surface area (Å²) >= 11 is 1.86. The zero-order chi connectivity index (χ0) is 11.3. The Labute approximate surface area is 96.3 Å². The second-order valence-electron chi connectivity index (χ2n) is 3.70. The van der Waals surface area contributed by atoms with Gasteiger partial charge < -0.3 is 5.32 Å². The van der Waals surface area contributed by atoms with Crippen molar-refractivity contribution < 1.29 is 0 Å². The highest BCUT2D eigenvalue weighted by atomic mass is 32.1. The standard InChI is InChI=1S/C12H18N2S/c1-5-6-14(4)9-11-7-12(8-13-3)15-10(11)2/h1,7,13H,6,8-9H2,2-4H3. The predicted octanol–water partition coefficient (Wildman–Crippen LogP) is 1.84. The molecule has 2 nitrogen and oxygen atoms in total. The predicted molar refractivity (Wildman–Crippen MR) is 67.0 cm³/mol. The van der Waals surface area contributed by atoms with Crippen LogP contribution in [0.15, 0.2) is 6.07 Å². The van der Waals surface area contributed by atoms with Gasteiger partial charge in [0, 0.05) is 22.8 Å². The molecular formula is C12H18N2S. The molecule has 0 bridgehead atoms. The maximum Gasteiger partial charge on any atom is 0.0599 e. The molecule has 1 aromatic rings. The van der Waals surface area contributed by atoms with Gasteiger partial charge in [0.15, 0.2) is 0 Å². The van der Waals surface area contributed by atoms with Crippen molar-refractivity contribution in [1.82, 2.24) is 10.2 Å². The number of nitrogens with zero attached hydrogens (tertiary/aromatic N) is 1. The van der Waals surface area contributed by atoms with Crippen LogP contribution in [0, 0.1) is 19.3 Å². The molecule has 0 atom stereocenters. The van der Waals surface area contributed by atoms with Crippen molar-refractivity contribution in [3.8, 4) is 12.3 Å². The molecular weight excluding hydrogens is 204 g/mol. The second kappa shape index (κ2) is 5.92. The van der Waals surface area contributed by atoms with Gasteiger partial charge in [0.1, 0.15) is 0 Å². The molecule has 1 rings (SSSR count). The van der Waals surface area contributed by atoms with Crippen molar-refractivity contribution in [2.45, 2.75) is 20.0 Å². The van der Waals surface area contributed by atoms with E-state index >= 15 is 0 Å². The van der Waals surface area contributed by atoms with E-state index < -0.39 is 0 Å². The Hall–Kier alpha value is -0.820. The molecule has 1 heterocycles. The number of rotatable bonds is 5. The monoisotopic (exact) mass is 222 g/mol. The van der Waals surface area contributed by atoms with E-state index in [1.807, 2.05) is 18.4 Å². The van der Waals surface area contributed by atoms with Gasteiger partial charge in [-0.15, -0.1) is 17.8 Å². The lowest BCUT2D eigenvalue weighted by Crippen LogP contribution is -2.17. The van der Waals surface area contributed by atoms with Crippen molar-refractivity contribution in [2.75, 3.05) is 20.6 Å². The van der Waals surface area contributed by atoms with E-state index in [9.17, 15) is 0 Å². The first kappa shape index (κ1) is 12.3. The van der Waals surface area contributed by atoms with Crippen LogP contribution in [-0.4, -0.2) is 25.5 Å². The minimum Gasteiger partial charge on any atom is -0.315 e. The van der Waals surface area contributed by atoms with Crippen LogP contribution in [0.25, 0.3) is 0 Å².